The van der Waals surface area contributed by atoms with E-state index in [9.17, 15) is 5.11 Å². The molecule has 2 saturated carbocycles. The molecule has 0 aromatic carbocycles. The number of aliphatic hydroxyl groups is 1. The second-order valence-electron chi connectivity index (χ2n) is 8.28. The summed E-state index contributed by atoms with van der Waals surface area (Å²) in [6, 6.07) is 2.00. The number of nitrogen functional groups attached to an aromatic ring is 1. The van der Waals surface area contributed by atoms with Gasteiger partial charge in [-0.15, -0.1) is 20.4 Å². The van der Waals surface area contributed by atoms with Gasteiger partial charge in [0, 0.05) is 17.1 Å². The number of H-pyrrole nitrogens is 1. The Bertz CT molecular complexity index is 1000. The summed E-state index contributed by atoms with van der Waals surface area (Å²) in [4.78, 5) is 3.13. The lowest BCUT2D eigenvalue weighted by atomic mass is 9.61. The molecule has 0 amide bonds. The number of nitrogens with zero attached hydrogens (tertiary/aromatic N) is 4. The largest absolute Gasteiger partial charge is 0.390 e. The number of fused-ring (bicyclic) bond motifs is 3. The van der Waals surface area contributed by atoms with Gasteiger partial charge in [0.15, 0.2) is 10.7 Å². The molecule has 3 atom stereocenters. The van der Waals surface area contributed by atoms with Gasteiger partial charge < -0.3 is 21.1 Å². The SMILES string of the molecule is C[C@H]1CC2(O)CCCC(Nc3c(-c4nnc(N)s4)nnc4[nH]ccc34)(C1)C2. The maximum absolute atomic E-state index is 11.1. The Morgan fingerprint density at radius 2 is 2.15 bits per heavy atom. The van der Waals surface area contributed by atoms with Crippen molar-refractivity contribution >= 4 is 33.2 Å². The molecule has 0 radical (unpaired) electrons. The molecular formula is C18H23N7OS. The summed E-state index contributed by atoms with van der Waals surface area (Å²) in [5, 5.41) is 33.7. The molecule has 3 aromatic rings. The topological polar surface area (TPSA) is 126 Å². The molecule has 0 saturated heterocycles. The predicted molar refractivity (Wildman–Crippen MR) is 105 cm³/mol. The minimum atomic E-state index is -0.575. The molecule has 2 unspecified atom stereocenters. The summed E-state index contributed by atoms with van der Waals surface area (Å²) in [5.74, 6) is 0.466. The van der Waals surface area contributed by atoms with E-state index in [-0.39, 0.29) is 5.54 Å². The van der Waals surface area contributed by atoms with E-state index < -0.39 is 5.60 Å². The highest BCUT2D eigenvalue weighted by Gasteiger charge is 2.49. The van der Waals surface area contributed by atoms with Crippen molar-refractivity contribution in [1.29, 1.82) is 0 Å². The average molecular weight is 385 g/mol. The number of aromatic amines is 1. The van der Waals surface area contributed by atoms with Crippen LogP contribution in [0, 0.1) is 5.92 Å². The van der Waals surface area contributed by atoms with Gasteiger partial charge in [-0.3, -0.25) is 0 Å². The van der Waals surface area contributed by atoms with Gasteiger partial charge >= 0.3 is 0 Å². The van der Waals surface area contributed by atoms with E-state index in [0.29, 0.717) is 21.8 Å². The van der Waals surface area contributed by atoms with E-state index in [1.54, 1.807) is 0 Å². The van der Waals surface area contributed by atoms with Crippen molar-refractivity contribution in [1.82, 2.24) is 25.4 Å². The first-order valence-corrected chi connectivity index (χ1v) is 10.2. The zero-order valence-electron chi connectivity index (χ0n) is 15.2. The molecule has 3 aromatic heterocycles. The highest BCUT2D eigenvalue weighted by molar-refractivity contribution is 7.18. The molecule has 2 aliphatic carbocycles. The highest BCUT2D eigenvalue weighted by Crippen LogP contribution is 2.50. The van der Waals surface area contributed by atoms with Crippen molar-refractivity contribution in [3.05, 3.63) is 12.3 Å². The molecular weight excluding hydrogens is 362 g/mol. The third kappa shape index (κ3) is 2.85. The maximum atomic E-state index is 11.1. The lowest BCUT2D eigenvalue weighted by Crippen LogP contribution is -2.55. The van der Waals surface area contributed by atoms with Crippen LogP contribution in [0.1, 0.15) is 45.4 Å². The van der Waals surface area contributed by atoms with Gasteiger partial charge in [-0.1, -0.05) is 18.3 Å². The third-order valence-corrected chi connectivity index (χ3v) is 6.71. The van der Waals surface area contributed by atoms with Crippen molar-refractivity contribution in [2.24, 2.45) is 5.92 Å². The summed E-state index contributed by atoms with van der Waals surface area (Å²) >= 11 is 1.30. The summed E-state index contributed by atoms with van der Waals surface area (Å²) in [7, 11) is 0. The number of nitrogens with two attached hydrogens (primary N) is 1. The van der Waals surface area contributed by atoms with Crippen molar-refractivity contribution in [3.63, 3.8) is 0 Å². The number of anilines is 2. The fourth-order valence-electron chi connectivity index (χ4n) is 5.25. The lowest BCUT2D eigenvalue weighted by Gasteiger charge is -2.52. The Morgan fingerprint density at radius 3 is 2.96 bits per heavy atom. The average Bonchev–Trinajstić information content (AvgIpc) is 3.22. The minimum absolute atomic E-state index is 0.150. The Labute approximate surface area is 160 Å². The Morgan fingerprint density at radius 1 is 1.26 bits per heavy atom. The van der Waals surface area contributed by atoms with E-state index in [1.165, 1.54) is 11.3 Å². The Hall–Kier alpha value is -2.26. The van der Waals surface area contributed by atoms with Gasteiger partial charge in [-0.25, -0.2) is 0 Å². The highest BCUT2D eigenvalue weighted by atomic mass is 32.1. The van der Waals surface area contributed by atoms with Gasteiger partial charge in [-0.2, -0.15) is 0 Å². The normalized spacial score (nSPS) is 30.5. The predicted octanol–water partition coefficient (Wildman–Crippen LogP) is 2.94. The van der Waals surface area contributed by atoms with Crippen molar-refractivity contribution in [3.8, 4) is 10.7 Å². The van der Waals surface area contributed by atoms with Gasteiger partial charge in [0.2, 0.25) is 5.13 Å². The molecule has 0 spiro atoms. The minimum Gasteiger partial charge on any atom is -0.390 e. The van der Waals surface area contributed by atoms with Crippen molar-refractivity contribution in [2.75, 3.05) is 11.1 Å². The standard InChI is InChI=1S/C18H23N7OS/c1-10-7-17(4-2-5-18(26,8-10)9-17)21-12-11-3-6-20-14(11)23-22-13(12)15-24-25-16(19)27-15/h3,6,10,26H,2,4-5,7-9H2,1H3,(H2,19,25)(H2,20,21,23)/t10-,17?,18?/m1/s1. The number of rotatable bonds is 3. The number of hydrogen-bond donors (Lipinski definition) is 4. The van der Waals surface area contributed by atoms with E-state index in [4.69, 9.17) is 5.73 Å². The van der Waals surface area contributed by atoms with Gasteiger partial charge in [0.1, 0.15) is 5.69 Å². The Kier molecular flexibility index (Phi) is 3.67. The van der Waals surface area contributed by atoms with Crippen LogP contribution in [0.4, 0.5) is 10.8 Å². The quantitative estimate of drug-likeness (QED) is 0.546. The molecule has 142 valence electrons. The van der Waals surface area contributed by atoms with Crippen molar-refractivity contribution < 1.29 is 5.11 Å². The van der Waals surface area contributed by atoms with E-state index in [2.05, 4.69) is 37.6 Å². The van der Waals surface area contributed by atoms with Gasteiger partial charge in [-0.05, 0) is 50.5 Å². The number of hydrogen-bond acceptors (Lipinski definition) is 8. The van der Waals surface area contributed by atoms with Gasteiger partial charge in [0.05, 0.1) is 11.3 Å². The second-order valence-corrected chi connectivity index (χ2v) is 9.29. The van der Waals surface area contributed by atoms with E-state index >= 15 is 0 Å². The van der Waals surface area contributed by atoms with Crippen LogP contribution in [0.2, 0.25) is 0 Å². The zero-order valence-corrected chi connectivity index (χ0v) is 16.0. The summed E-state index contributed by atoms with van der Waals surface area (Å²) in [5.41, 5.74) is 7.36. The molecule has 2 fully saturated rings. The first-order valence-electron chi connectivity index (χ1n) is 9.39. The first-order chi connectivity index (χ1) is 13.0. The molecule has 27 heavy (non-hydrogen) atoms. The lowest BCUT2D eigenvalue weighted by molar-refractivity contribution is -0.0678. The number of nitrogens with one attached hydrogen (secondary N) is 2. The van der Waals surface area contributed by atoms with Crippen LogP contribution in [0.3, 0.4) is 0 Å². The first kappa shape index (κ1) is 16.9. The maximum Gasteiger partial charge on any atom is 0.203 e. The number of aromatic nitrogens is 5. The van der Waals surface area contributed by atoms with Crippen LogP contribution in [0.15, 0.2) is 12.3 Å². The van der Waals surface area contributed by atoms with Crippen LogP contribution < -0.4 is 11.1 Å². The second kappa shape index (κ2) is 5.87. The smallest absolute Gasteiger partial charge is 0.203 e. The molecule has 5 rings (SSSR count). The summed E-state index contributed by atoms with van der Waals surface area (Å²) in [6.45, 7) is 2.23. The molecule has 9 heteroatoms. The summed E-state index contributed by atoms with van der Waals surface area (Å²) < 4.78 is 0. The van der Waals surface area contributed by atoms with Gasteiger partial charge in [0.25, 0.3) is 0 Å². The zero-order chi connectivity index (χ0) is 18.6. The molecule has 3 heterocycles. The van der Waals surface area contributed by atoms with Crippen LogP contribution >= 0.6 is 11.3 Å². The van der Waals surface area contributed by atoms with Crippen molar-refractivity contribution in [2.45, 2.75) is 56.6 Å². The monoisotopic (exact) mass is 385 g/mol. The summed E-state index contributed by atoms with van der Waals surface area (Å²) in [6.07, 6.45) is 7.47. The molecule has 2 aliphatic rings. The fraction of sp³-hybridized carbons (Fsp3) is 0.556. The van der Waals surface area contributed by atoms with Crippen LogP contribution in [0.5, 0.6) is 0 Å². The van der Waals surface area contributed by atoms with Crippen LogP contribution in [-0.4, -0.2) is 41.6 Å². The van der Waals surface area contributed by atoms with Crippen LogP contribution in [-0.2, 0) is 0 Å². The van der Waals surface area contributed by atoms with Crippen LogP contribution in [0.25, 0.3) is 21.7 Å². The molecule has 8 nitrogen and oxygen atoms in total. The van der Waals surface area contributed by atoms with E-state index in [1.807, 2.05) is 12.3 Å². The third-order valence-electron chi connectivity index (χ3n) is 5.95. The molecule has 2 bridgehead atoms. The molecule has 5 N–H and O–H groups in total. The fourth-order valence-corrected chi connectivity index (χ4v) is 5.85. The van der Waals surface area contributed by atoms with E-state index in [0.717, 1.165) is 55.2 Å². The Balaban J connectivity index is 1.63. The molecule has 0 aliphatic heterocycles.